The Bertz CT molecular complexity index is 603. The van der Waals surface area contributed by atoms with Gasteiger partial charge in [-0.25, -0.2) is 0 Å². The van der Waals surface area contributed by atoms with Gasteiger partial charge in [-0.1, -0.05) is 0 Å². The molecule has 1 aromatic heterocycles. The molecule has 1 spiro atoms. The Kier molecular flexibility index (Phi) is 4.08. The first-order valence-electron chi connectivity index (χ1n) is 8.85. The summed E-state index contributed by atoms with van der Waals surface area (Å²) in [6.07, 6.45) is 7.09. The molecule has 0 aromatic carbocycles. The molecule has 6 nitrogen and oxygen atoms in total. The molecule has 1 N–H and O–H groups in total. The standard InChI is InChI=1S/C18H24N2O4/c21-16(19-9-13-1-2-13)15-10-20(17(22)14-3-6-24-11-14)12-18(15)4-7-23-8-5-18/h3,6,11,13,15H,1-2,4-5,7-10,12H2,(H,19,21). The highest BCUT2D eigenvalue weighted by molar-refractivity contribution is 5.94. The molecule has 130 valence electrons. The first-order valence-corrected chi connectivity index (χ1v) is 8.85. The second-order valence-corrected chi connectivity index (χ2v) is 7.41. The number of furan rings is 1. The Balaban J connectivity index is 1.50. The minimum absolute atomic E-state index is 0.0490. The van der Waals surface area contributed by atoms with Crippen molar-refractivity contribution in [3.8, 4) is 0 Å². The Hall–Kier alpha value is -1.82. The molecule has 3 aliphatic rings. The van der Waals surface area contributed by atoms with Gasteiger partial charge in [0, 0.05) is 38.3 Å². The average Bonchev–Trinajstić information content (AvgIpc) is 3.13. The van der Waals surface area contributed by atoms with Crippen molar-refractivity contribution in [1.82, 2.24) is 10.2 Å². The van der Waals surface area contributed by atoms with Gasteiger partial charge in [0.15, 0.2) is 0 Å². The van der Waals surface area contributed by atoms with Gasteiger partial charge in [0.2, 0.25) is 5.91 Å². The van der Waals surface area contributed by atoms with Crippen LogP contribution in [0.2, 0.25) is 0 Å². The van der Waals surface area contributed by atoms with Crippen LogP contribution in [0.1, 0.15) is 36.0 Å². The number of hydrogen-bond acceptors (Lipinski definition) is 4. The van der Waals surface area contributed by atoms with Crippen LogP contribution in [0.25, 0.3) is 0 Å². The molecule has 1 atom stereocenters. The maximum absolute atomic E-state index is 12.8. The second-order valence-electron chi connectivity index (χ2n) is 7.41. The third-order valence-corrected chi connectivity index (χ3v) is 5.77. The summed E-state index contributed by atoms with van der Waals surface area (Å²) in [6, 6.07) is 1.68. The van der Waals surface area contributed by atoms with Crippen LogP contribution in [-0.2, 0) is 9.53 Å². The maximum atomic E-state index is 12.8. The first kappa shape index (κ1) is 15.7. The summed E-state index contributed by atoms with van der Waals surface area (Å²) in [5.74, 6) is 0.569. The molecule has 6 heteroatoms. The molecule has 24 heavy (non-hydrogen) atoms. The Labute approximate surface area is 141 Å². The normalized spacial score (nSPS) is 25.8. The number of nitrogens with zero attached hydrogens (tertiary/aromatic N) is 1. The van der Waals surface area contributed by atoms with Gasteiger partial charge in [-0.3, -0.25) is 9.59 Å². The molecule has 3 heterocycles. The van der Waals surface area contributed by atoms with Crippen LogP contribution < -0.4 is 5.32 Å². The highest BCUT2D eigenvalue weighted by Gasteiger charge is 2.51. The van der Waals surface area contributed by atoms with Crippen LogP contribution in [0, 0.1) is 17.3 Å². The lowest BCUT2D eigenvalue weighted by molar-refractivity contribution is -0.129. The summed E-state index contributed by atoms with van der Waals surface area (Å²) in [5, 5.41) is 3.12. The second kappa shape index (κ2) is 6.24. The van der Waals surface area contributed by atoms with E-state index in [2.05, 4.69) is 5.32 Å². The number of carbonyl (C=O) groups excluding carboxylic acids is 2. The van der Waals surface area contributed by atoms with E-state index in [0.717, 1.165) is 19.4 Å². The van der Waals surface area contributed by atoms with Crippen LogP contribution in [0.15, 0.2) is 23.0 Å². The van der Waals surface area contributed by atoms with E-state index in [0.29, 0.717) is 37.8 Å². The smallest absolute Gasteiger partial charge is 0.257 e. The Morgan fingerprint density at radius 2 is 2.08 bits per heavy atom. The summed E-state index contributed by atoms with van der Waals surface area (Å²) >= 11 is 0. The van der Waals surface area contributed by atoms with Crippen molar-refractivity contribution < 1.29 is 18.7 Å². The fraction of sp³-hybridized carbons (Fsp3) is 0.667. The third-order valence-electron chi connectivity index (χ3n) is 5.77. The van der Waals surface area contributed by atoms with Gasteiger partial charge in [-0.05, 0) is 37.7 Å². The SMILES string of the molecule is O=C(NCC1CC1)C1CN(C(=O)c2ccoc2)CC12CCOCC2. The van der Waals surface area contributed by atoms with Gasteiger partial charge >= 0.3 is 0 Å². The lowest BCUT2D eigenvalue weighted by Crippen LogP contribution is -2.44. The van der Waals surface area contributed by atoms with E-state index in [1.54, 1.807) is 6.07 Å². The lowest BCUT2D eigenvalue weighted by atomic mass is 9.71. The van der Waals surface area contributed by atoms with Crippen molar-refractivity contribution in [3.63, 3.8) is 0 Å². The number of nitrogens with one attached hydrogen (secondary N) is 1. The third kappa shape index (κ3) is 2.95. The molecule has 0 bridgehead atoms. The zero-order valence-corrected chi connectivity index (χ0v) is 13.8. The molecule has 2 amide bonds. The highest BCUT2D eigenvalue weighted by Crippen LogP contribution is 2.45. The summed E-state index contributed by atoms with van der Waals surface area (Å²) in [6.45, 7) is 3.22. The average molecular weight is 332 g/mol. The fourth-order valence-corrected chi connectivity index (χ4v) is 4.03. The highest BCUT2D eigenvalue weighted by atomic mass is 16.5. The number of rotatable bonds is 4. The van der Waals surface area contributed by atoms with Crippen LogP contribution in [0.3, 0.4) is 0 Å². The minimum Gasteiger partial charge on any atom is -0.472 e. The van der Waals surface area contributed by atoms with Crippen LogP contribution in [0.5, 0.6) is 0 Å². The molecule has 0 radical (unpaired) electrons. The largest absolute Gasteiger partial charge is 0.472 e. The van der Waals surface area contributed by atoms with Crippen molar-refractivity contribution >= 4 is 11.8 Å². The first-order chi connectivity index (χ1) is 11.7. The zero-order chi connectivity index (χ0) is 16.6. The minimum atomic E-state index is -0.148. The van der Waals surface area contributed by atoms with Crippen molar-refractivity contribution in [1.29, 1.82) is 0 Å². The van der Waals surface area contributed by atoms with Crippen molar-refractivity contribution in [2.24, 2.45) is 17.3 Å². The predicted octanol–water partition coefficient (Wildman–Crippen LogP) is 1.67. The van der Waals surface area contributed by atoms with Gasteiger partial charge in [0.1, 0.15) is 6.26 Å². The van der Waals surface area contributed by atoms with Gasteiger partial charge in [0.25, 0.3) is 5.91 Å². The summed E-state index contributed by atoms with van der Waals surface area (Å²) in [7, 11) is 0. The van der Waals surface area contributed by atoms with Gasteiger partial charge in [0.05, 0.1) is 17.7 Å². The molecule has 1 saturated carbocycles. The molecule has 1 unspecified atom stereocenters. The van der Waals surface area contributed by atoms with Gasteiger partial charge in [-0.2, -0.15) is 0 Å². The predicted molar refractivity (Wildman–Crippen MR) is 86.3 cm³/mol. The quantitative estimate of drug-likeness (QED) is 0.910. The fourth-order valence-electron chi connectivity index (χ4n) is 4.03. The van der Waals surface area contributed by atoms with E-state index in [4.69, 9.17) is 9.15 Å². The summed E-state index contributed by atoms with van der Waals surface area (Å²) < 4.78 is 10.5. The lowest BCUT2D eigenvalue weighted by Gasteiger charge is -2.37. The van der Waals surface area contributed by atoms with Crippen molar-refractivity contribution in [2.75, 3.05) is 32.8 Å². The molecule has 4 rings (SSSR count). The van der Waals surface area contributed by atoms with E-state index in [9.17, 15) is 9.59 Å². The molecule has 1 aromatic rings. The summed E-state index contributed by atoms with van der Waals surface area (Å²) in [4.78, 5) is 27.3. The Morgan fingerprint density at radius 3 is 2.75 bits per heavy atom. The Morgan fingerprint density at radius 1 is 1.29 bits per heavy atom. The number of ether oxygens (including phenoxy) is 1. The van der Waals surface area contributed by atoms with E-state index in [1.807, 2.05) is 4.90 Å². The number of likely N-dealkylation sites (tertiary alicyclic amines) is 1. The van der Waals surface area contributed by atoms with Gasteiger partial charge in [-0.15, -0.1) is 0 Å². The summed E-state index contributed by atoms with van der Waals surface area (Å²) in [5.41, 5.74) is 0.405. The van der Waals surface area contributed by atoms with E-state index in [-0.39, 0.29) is 23.1 Å². The zero-order valence-electron chi connectivity index (χ0n) is 13.8. The maximum Gasteiger partial charge on any atom is 0.257 e. The van der Waals surface area contributed by atoms with E-state index in [1.165, 1.54) is 25.4 Å². The molecular weight excluding hydrogens is 308 g/mol. The van der Waals surface area contributed by atoms with E-state index >= 15 is 0 Å². The number of amides is 2. The van der Waals surface area contributed by atoms with Gasteiger partial charge < -0.3 is 19.4 Å². The topological polar surface area (TPSA) is 71.8 Å². The number of hydrogen-bond donors (Lipinski definition) is 1. The molecular formula is C18H24N2O4. The van der Waals surface area contributed by atoms with Crippen molar-refractivity contribution in [2.45, 2.75) is 25.7 Å². The van der Waals surface area contributed by atoms with Crippen molar-refractivity contribution in [3.05, 3.63) is 24.2 Å². The van der Waals surface area contributed by atoms with Crippen LogP contribution >= 0.6 is 0 Å². The molecule has 1 aliphatic carbocycles. The molecule has 3 fully saturated rings. The van der Waals surface area contributed by atoms with Crippen LogP contribution in [-0.4, -0.2) is 49.6 Å². The number of carbonyl (C=O) groups is 2. The molecule has 2 aliphatic heterocycles. The van der Waals surface area contributed by atoms with E-state index < -0.39 is 0 Å². The molecule has 2 saturated heterocycles. The monoisotopic (exact) mass is 332 g/mol. The van der Waals surface area contributed by atoms with Crippen LogP contribution in [0.4, 0.5) is 0 Å².